The van der Waals surface area contributed by atoms with Crippen molar-refractivity contribution in [1.82, 2.24) is 19.6 Å². The lowest BCUT2D eigenvalue weighted by atomic mass is 9.93. The van der Waals surface area contributed by atoms with Crippen LogP contribution in [0.25, 0.3) is 5.65 Å². The first kappa shape index (κ1) is 15.6. The van der Waals surface area contributed by atoms with Crippen molar-refractivity contribution in [3.63, 3.8) is 0 Å². The summed E-state index contributed by atoms with van der Waals surface area (Å²) in [6.07, 6.45) is 3.34. The van der Waals surface area contributed by atoms with Gasteiger partial charge in [-0.15, -0.1) is 5.10 Å². The predicted octanol–water partition coefficient (Wildman–Crippen LogP) is 2.29. The molecule has 4 rings (SSSR count). The summed E-state index contributed by atoms with van der Waals surface area (Å²) in [6.45, 7) is 0. The van der Waals surface area contributed by atoms with Crippen LogP contribution in [0.5, 0.6) is 5.88 Å². The van der Waals surface area contributed by atoms with Crippen molar-refractivity contribution in [1.29, 1.82) is 0 Å². The van der Waals surface area contributed by atoms with Gasteiger partial charge in [0.05, 0.1) is 6.10 Å². The van der Waals surface area contributed by atoms with E-state index >= 15 is 0 Å². The first-order valence-electron chi connectivity index (χ1n) is 8.41. The zero-order valence-electron chi connectivity index (χ0n) is 13.6. The number of hydrogen-bond acceptors (Lipinski definition) is 7. The van der Waals surface area contributed by atoms with Gasteiger partial charge in [-0.2, -0.15) is 14.5 Å². The second-order valence-corrected chi connectivity index (χ2v) is 6.27. The molecule has 3 aromatic heterocycles. The Hall–Kier alpha value is -2.87. The largest absolute Gasteiger partial charge is 0.493 e. The lowest BCUT2D eigenvalue weighted by molar-refractivity contribution is 0.126. The van der Waals surface area contributed by atoms with E-state index in [1.165, 1.54) is 6.07 Å². The van der Waals surface area contributed by atoms with Crippen LogP contribution in [-0.2, 0) is 0 Å². The number of rotatable bonds is 4. The molecule has 1 aliphatic rings. The standard InChI is InChI=1S/C17H20N6O2/c24-12-9-7-11(8-10-12)18-14-4-2-5-15-21-17(22-23(14)15)20-13-3-1-6-16(25)19-13/h1-6,11-12,18,24H,7-10H2,(H2,19,20,22,25)/t11-,12+. The van der Waals surface area contributed by atoms with Gasteiger partial charge in [0.15, 0.2) is 5.65 Å². The second kappa shape index (κ2) is 6.56. The third-order valence-corrected chi connectivity index (χ3v) is 4.38. The number of aliphatic hydroxyl groups is 1. The van der Waals surface area contributed by atoms with Crippen molar-refractivity contribution < 1.29 is 10.2 Å². The number of anilines is 3. The van der Waals surface area contributed by atoms with E-state index in [0.29, 0.717) is 23.5 Å². The second-order valence-electron chi connectivity index (χ2n) is 6.27. The van der Waals surface area contributed by atoms with Gasteiger partial charge in [-0.05, 0) is 43.9 Å². The SMILES string of the molecule is Oc1cccc(Nc2nc3cccc(N[C@H]4CC[C@@H](O)CC4)n3n2)n1. The molecule has 0 spiro atoms. The molecule has 0 amide bonds. The van der Waals surface area contributed by atoms with Crippen LogP contribution >= 0.6 is 0 Å². The van der Waals surface area contributed by atoms with Crippen molar-refractivity contribution in [2.75, 3.05) is 10.6 Å². The lowest BCUT2D eigenvalue weighted by Gasteiger charge is -2.26. The molecular weight excluding hydrogens is 320 g/mol. The molecule has 1 saturated carbocycles. The van der Waals surface area contributed by atoms with Crippen LogP contribution in [0.4, 0.5) is 17.6 Å². The fourth-order valence-corrected chi connectivity index (χ4v) is 3.10. The monoisotopic (exact) mass is 340 g/mol. The molecule has 8 heteroatoms. The van der Waals surface area contributed by atoms with E-state index in [9.17, 15) is 10.2 Å². The Kier molecular flexibility index (Phi) is 4.10. The lowest BCUT2D eigenvalue weighted by Crippen LogP contribution is -2.29. The van der Waals surface area contributed by atoms with Gasteiger partial charge >= 0.3 is 0 Å². The van der Waals surface area contributed by atoms with E-state index < -0.39 is 0 Å². The van der Waals surface area contributed by atoms with Gasteiger partial charge in [-0.1, -0.05) is 12.1 Å². The summed E-state index contributed by atoms with van der Waals surface area (Å²) in [5.74, 6) is 1.69. The Labute approximate surface area is 144 Å². The summed E-state index contributed by atoms with van der Waals surface area (Å²) in [6, 6.07) is 11.0. The molecule has 0 aromatic carbocycles. The van der Waals surface area contributed by atoms with Gasteiger partial charge in [-0.3, -0.25) is 0 Å². The maximum absolute atomic E-state index is 9.64. The zero-order chi connectivity index (χ0) is 17.2. The molecule has 0 unspecified atom stereocenters. The number of fused-ring (bicyclic) bond motifs is 1. The summed E-state index contributed by atoms with van der Waals surface area (Å²) >= 11 is 0. The number of aromatic hydroxyl groups is 1. The van der Waals surface area contributed by atoms with E-state index in [2.05, 4.69) is 25.7 Å². The van der Waals surface area contributed by atoms with E-state index in [1.807, 2.05) is 18.2 Å². The first-order chi connectivity index (χ1) is 12.2. The maximum Gasteiger partial charge on any atom is 0.248 e. The highest BCUT2D eigenvalue weighted by molar-refractivity contribution is 5.56. The van der Waals surface area contributed by atoms with Gasteiger partial charge < -0.3 is 20.8 Å². The molecule has 0 aliphatic heterocycles. The molecule has 1 aliphatic carbocycles. The Bertz CT molecular complexity index is 872. The number of pyridine rings is 2. The third kappa shape index (κ3) is 3.48. The van der Waals surface area contributed by atoms with Gasteiger partial charge in [0, 0.05) is 12.1 Å². The minimum absolute atomic E-state index is 0.0596. The Morgan fingerprint density at radius 3 is 2.60 bits per heavy atom. The fourth-order valence-electron chi connectivity index (χ4n) is 3.10. The van der Waals surface area contributed by atoms with Crippen LogP contribution in [0.3, 0.4) is 0 Å². The van der Waals surface area contributed by atoms with Crippen LogP contribution in [0.15, 0.2) is 36.4 Å². The van der Waals surface area contributed by atoms with Crippen molar-refractivity contribution in [3.8, 4) is 5.88 Å². The molecule has 3 heterocycles. The molecule has 1 fully saturated rings. The van der Waals surface area contributed by atoms with Gasteiger partial charge in [-0.25, -0.2) is 0 Å². The topological polar surface area (TPSA) is 108 Å². The number of aliphatic hydroxyl groups excluding tert-OH is 1. The van der Waals surface area contributed by atoms with Crippen molar-refractivity contribution in [3.05, 3.63) is 36.4 Å². The molecule has 130 valence electrons. The van der Waals surface area contributed by atoms with Gasteiger partial charge in [0.2, 0.25) is 11.8 Å². The van der Waals surface area contributed by atoms with Crippen LogP contribution < -0.4 is 10.6 Å². The van der Waals surface area contributed by atoms with E-state index in [0.717, 1.165) is 31.5 Å². The minimum Gasteiger partial charge on any atom is -0.493 e. The Balaban J connectivity index is 1.56. The van der Waals surface area contributed by atoms with Crippen molar-refractivity contribution >= 4 is 23.2 Å². The van der Waals surface area contributed by atoms with Crippen LogP contribution in [0.2, 0.25) is 0 Å². The molecule has 0 saturated heterocycles. The van der Waals surface area contributed by atoms with Crippen molar-refractivity contribution in [2.45, 2.75) is 37.8 Å². The highest BCUT2D eigenvalue weighted by Crippen LogP contribution is 2.23. The normalized spacial score (nSPS) is 20.5. The highest BCUT2D eigenvalue weighted by atomic mass is 16.3. The van der Waals surface area contributed by atoms with E-state index in [4.69, 9.17) is 0 Å². The smallest absolute Gasteiger partial charge is 0.248 e. The van der Waals surface area contributed by atoms with E-state index in [1.54, 1.807) is 16.6 Å². The molecular formula is C17H20N6O2. The summed E-state index contributed by atoms with van der Waals surface area (Å²) in [5.41, 5.74) is 0.712. The van der Waals surface area contributed by atoms with Crippen LogP contribution in [-0.4, -0.2) is 41.9 Å². The van der Waals surface area contributed by atoms with Gasteiger partial charge in [0.25, 0.3) is 0 Å². The van der Waals surface area contributed by atoms with Crippen LogP contribution in [0, 0.1) is 0 Å². The fraction of sp³-hybridized carbons (Fsp3) is 0.353. The summed E-state index contributed by atoms with van der Waals surface area (Å²) in [5, 5.41) is 30.1. The average Bonchev–Trinajstić information content (AvgIpc) is 3.00. The number of nitrogens with one attached hydrogen (secondary N) is 2. The molecule has 8 nitrogen and oxygen atoms in total. The number of hydrogen-bond donors (Lipinski definition) is 4. The molecule has 3 aromatic rings. The highest BCUT2D eigenvalue weighted by Gasteiger charge is 2.20. The molecule has 0 radical (unpaired) electrons. The number of nitrogens with zero attached hydrogens (tertiary/aromatic N) is 4. The summed E-state index contributed by atoms with van der Waals surface area (Å²) in [7, 11) is 0. The molecule has 4 N–H and O–H groups in total. The number of aromatic nitrogens is 4. The summed E-state index contributed by atoms with van der Waals surface area (Å²) < 4.78 is 1.75. The zero-order valence-corrected chi connectivity index (χ0v) is 13.6. The van der Waals surface area contributed by atoms with Crippen molar-refractivity contribution in [2.24, 2.45) is 0 Å². The quantitative estimate of drug-likeness (QED) is 0.577. The third-order valence-electron chi connectivity index (χ3n) is 4.38. The summed E-state index contributed by atoms with van der Waals surface area (Å²) in [4.78, 5) is 8.42. The minimum atomic E-state index is -0.175. The molecule has 0 bridgehead atoms. The Morgan fingerprint density at radius 1 is 1.00 bits per heavy atom. The van der Waals surface area contributed by atoms with Crippen LogP contribution in [0.1, 0.15) is 25.7 Å². The predicted molar refractivity (Wildman–Crippen MR) is 94.1 cm³/mol. The average molecular weight is 340 g/mol. The van der Waals surface area contributed by atoms with Gasteiger partial charge in [0.1, 0.15) is 11.6 Å². The first-order valence-corrected chi connectivity index (χ1v) is 8.41. The molecule has 0 atom stereocenters. The Morgan fingerprint density at radius 2 is 1.80 bits per heavy atom. The molecule has 25 heavy (non-hydrogen) atoms. The maximum atomic E-state index is 9.64. The van der Waals surface area contributed by atoms with E-state index in [-0.39, 0.29) is 12.0 Å².